The summed E-state index contributed by atoms with van der Waals surface area (Å²) in [5.74, 6) is -1.49. The molecule has 28 heavy (non-hydrogen) atoms. The van der Waals surface area contributed by atoms with Crippen molar-refractivity contribution < 1.29 is 22.4 Å². The molecule has 0 fully saturated rings. The molecule has 2 N–H and O–H groups in total. The van der Waals surface area contributed by atoms with Crippen molar-refractivity contribution in [3.63, 3.8) is 0 Å². The Kier molecular flexibility index (Phi) is 5.51. The molecule has 0 saturated carbocycles. The third-order valence-electron chi connectivity index (χ3n) is 4.34. The molecule has 7 nitrogen and oxygen atoms in total. The Bertz CT molecular complexity index is 1130. The van der Waals surface area contributed by atoms with Crippen LogP contribution < -0.4 is 10.9 Å². The first-order valence-corrected chi connectivity index (χ1v) is 10.3. The topological polar surface area (TPSA) is 105 Å². The van der Waals surface area contributed by atoms with Crippen molar-refractivity contribution in [1.82, 2.24) is 10.9 Å². The van der Waals surface area contributed by atoms with Crippen molar-refractivity contribution in [3.05, 3.63) is 65.4 Å². The fraction of sp³-hybridized carbons (Fsp3) is 0.200. The predicted molar refractivity (Wildman–Crippen MR) is 104 cm³/mol. The maximum atomic E-state index is 12.3. The van der Waals surface area contributed by atoms with Gasteiger partial charge in [-0.25, -0.2) is 8.42 Å². The number of hydrogen-bond donors (Lipinski definition) is 2. The minimum Gasteiger partial charge on any atom is -0.451 e. The smallest absolute Gasteiger partial charge is 0.305 e. The van der Waals surface area contributed by atoms with Crippen molar-refractivity contribution >= 4 is 32.6 Å². The normalized spacial score (nSPS) is 11.4. The van der Waals surface area contributed by atoms with Crippen LogP contribution in [0.5, 0.6) is 0 Å². The van der Waals surface area contributed by atoms with Gasteiger partial charge in [-0.05, 0) is 32.0 Å². The van der Waals surface area contributed by atoms with Gasteiger partial charge in [0.1, 0.15) is 5.58 Å². The summed E-state index contributed by atoms with van der Waals surface area (Å²) in [6.45, 7) is 3.60. The quantitative estimate of drug-likeness (QED) is 0.641. The second-order valence-corrected chi connectivity index (χ2v) is 8.55. The summed E-state index contributed by atoms with van der Waals surface area (Å²) in [5.41, 5.74) is 6.65. The minimum atomic E-state index is -3.58. The van der Waals surface area contributed by atoms with Gasteiger partial charge in [-0.15, -0.1) is 0 Å². The number of carbonyl (C=O) groups is 2. The van der Waals surface area contributed by atoms with Crippen molar-refractivity contribution in [2.45, 2.75) is 25.2 Å². The first kappa shape index (κ1) is 19.6. The molecule has 2 amide bonds. The van der Waals surface area contributed by atoms with Crippen LogP contribution in [0.1, 0.15) is 28.1 Å². The fourth-order valence-corrected chi connectivity index (χ4v) is 3.97. The van der Waals surface area contributed by atoms with Crippen LogP contribution in [0.15, 0.2) is 57.8 Å². The van der Waals surface area contributed by atoms with E-state index >= 15 is 0 Å². The third-order valence-corrected chi connectivity index (χ3v) is 6.08. The van der Waals surface area contributed by atoms with E-state index in [9.17, 15) is 18.0 Å². The summed E-state index contributed by atoms with van der Waals surface area (Å²) in [7, 11) is -3.58. The Morgan fingerprint density at radius 3 is 2.32 bits per heavy atom. The lowest BCUT2D eigenvalue weighted by Crippen LogP contribution is -2.42. The van der Waals surface area contributed by atoms with Gasteiger partial charge < -0.3 is 4.42 Å². The highest BCUT2D eigenvalue weighted by atomic mass is 32.2. The van der Waals surface area contributed by atoms with E-state index in [1.54, 1.807) is 31.2 Å². The molecule has 0 aliphatic rings. The molecule has 0 aliphatic heterocycles. The molecule has 0 saturated heterocycles. The summed E-state index contributed by atoms with van der Waals surface area (Å²) in [6, 6.07) is 13.6. The molecule has 0 spiro atoms. The zero-order chi connectivity index (χ0) is 20.3. The van der Waals surface area contributed by atoms with E-state index in [4.69, 9.17) is 4.42 Å². The monoisotopic (exact) mass is 400 g/mol. The number of amides is 2. The van der Waals surface area contributed by atoms with Crippen LogP contribution in [-0.2, 0) is 14.6 Å². The number of rotatable bonds is 5. The zero-order valence-corrected chi connectivity index (χ0v) is 16.3. The zero-order valence-electron chi connectivity index (χ0n) is 15.5. The van der Waals surface area contributed by atoms with E-state index in [0.717, 1.165) is 10.9 Å². The Balaban J connectivity index is 1.57. The molecule has 3 rings (SSSR count). The molecule has 1 heterocycles. The van der Waals surface area contributed by atoms with Crippen LogP contribution in [0.3, 0.4) is 0 Å². The summed E-state index contributed by atoms with van der Waals surface area (Å²) >= 11 is 0. The molecule has 1 aromatic heterocycles. The number of fused-ring (bicyclic) bond motifs is 1. The largest absolute Gasteiger partial charge is 0.451 e. The van der Waals surface area contributed by atoms with Gasteiger partial charge in [0.2, 0.25) is 5.91 Å². The molecule has 0 bridgehead atoms. The van der Waals surface area contributed by atoms with E-state index in [-0.39, 0.29) is 22.8 Å². The van der Waals surface area contributed by atoms with Crippen LogP contribution in [0.25, 0.3) is 11.0 Å². The number of para-hydroxylation sites is 1. The number of carbonyl (C=O) groups excluding carboxylic acids is 2. The summed E-state index contributed by atoms with van der Waals surface area (Å²) in [5, 5.41) is 0.808. The number of hydrazine groups is 1. The molecule has 0 unspecified atom stereocenters. The number of nitrogens with one attached hydrogen (secondary N) is 2. The van der Waals surface area contributed by atoms with Crippen molar-refractivity contribution in [1.29, 1.82) is 0 Å². The van der Waals surface area contributed by atoms with Gasteiger partial charge in [-0.1, -0.05) is 35.9 Å². The van der Waals surface area contributed by atoms with E-state index in [2.05, 4.69) is 10.9 Å². The van der Waals surface area contributed by atoms with Crippen LogP contribution in [0, 0.1) is 13.8 Å². The first-order chi connectivity index (χ1) is 13.3. The minimum absolute atomic E-state index is 0.0915. The number of aryl methyl sites for hydroxylation is 2. The standard InChI is InChI=1S/C20H20N2O5S/c1-13-7-9-15(10-8-13)28(25,26)12-11-18(23)21-22-20(24)19-14(2)16-5-3-4-6-17(16)27-19/h3-10H,11-12H2,1-2H3,(H,21,23)(H,22,24). The highest BCUT2D eigenvalue weighted by Gasteiger charge is 2.19. The van der Waals surface area contributed by atoms with Crippen molar-refractivity contribution in [3.8, 4) is 0 Å². The average molecular weight is 400 g/mol. The summed E-state index contributed by atoms with van der Waals surface area (Å²) < 4.78 is 30.1. The predicted octanol–water partition coefficient (Wildman–Crippen LogP) is 2.67. The molecular formula is C20H20N2O5S. The van der Waals surface area contributed by atoms with Crippen molar-refractivity contribution in [2.24, 2.45) is 0 Å². The van der Waals surface area contributed by atoms with Gasteiger partial charge in [0.15, 0.2) is 15.6 Å². The highest BCUT2D eigenvalue weighted by molar-refractivity contribution is 7.91. The maximum absolute atomic E-state index is 12.3. The lowest BCUT2D eigenvalue weighted by molar-refractivity contribution is -0.121. The number of hydrogen-bond acceptors (Lipinski definition) is 5. The highest BCUT2D eigenvalue weighted by Crippen LogP contribution is 2.24. The van der Waals surface area contributed by atoms with Gasteiger partial charge in [-0.3, -0.25) is 20.4 Å². The van der Waals surface area contributed by atoms with Gasteiger partial charge in [0.25, 0.3) is 0 Å². The summed E-state index contributed by atoms with van der Waals surface area (Å²) in [4.78, 5) is 24.4. The second kappa shape index (κ2) is 7.85. The van der Waals surface area contributed by atoms with Crippen LogP contribution in [0.4, 0.5) is 0 Å². The lowest BCUT2D eigenvalue weighted by Gasteiger charge is -2.07. The fourth-order valence-electron chi connectivity index (χ4n) is 2.73. The molecule has 2 aromatic carbocycles. The third kappa shape index (κ3) is 4.23. The Hall–Kier alpha value is -3.13. The average Bonchev–Trinajstić information content (AvgIpc) is 3.02. The molecule has 0 aliphatic carbocycles. The molecule has 3 aromatic rings. The molecule has 146 valence electrons. The van der Waals surface area contributed by atoms with Crippen LogP contribution in [-0.4, -0.2) is 26.0 Å². The summed E-state index contributed by atoms with van der Waals surface area (Å²) in [6.07, 6.45) is -0.282. The van der Waals surface area contributed by atoms with Gasteiger partial charge >= 0.3 is 5.91 Å². The molecule has 8 heteroatoms. The Morgan fingerprint density at radius 2 is 1.64 bits per heavy atom. The Labute approximate surface area is 162 Å². The van der Waals surface area contributed by atoms with Crippen LogP contribution >= 0.6 is 0 Å². The van der Waals surface area contributed by atoms with Gasteiger partial charge in [0, 0.05) is 17.4 Å². The van der Waals surface area contributed by atoms with E-state index in [1.165, 1.54) is 12.1 Å². The Morgan fingerprint density at radius 1 is 0.964 bits per heavy atom. The number of benzene rings is 2. The SMILES string of the molecule is Cc1ccc(S(=O)(=O)CCC(=O)NNC(=O)c2oc3ccccc3c2C)cc1. The first-order valence-electron chi connectivity index (χ1n) is 8.64. The van der Waals surface area contributed by atoms with Gasteiger partial charge in [-0.2, -0.15) is 0 Å². The maximum Gasteiger partial charge on any atom is 0.305 e. The molecule has 0 radical (unpaired) electrons. The second-order valence-electron chi connectivity index (χ2n) is 6.44. The van der Waals surface area contributed by atoms with E-state index < -0.39 is 21.7 Å². The van der Waals surface area contributed by atoms with Crippen LogP contribution in [0.2, 0.25) is 0 Å². The number of furan rings is 1. The number of sulfone groups is 1. The van der Waals surface area contributed by atoms with Crippen molar-refractivity contribution in [2.75, 3.05) is 5.75 Å². The van der Waals surface area contributed by atoms with E-state index in [1.807, 2.05) is 19.1 Å². The lowest BCUT2D eigenvalue weighted by atomic mass is 10.1. The molecule has 0 atom stereocenters. The van der Waals surface area contributed by atoms with Gasteiger partial charge in [0.05, 0.1) is 10.6 Å². The molecular weight excluding hydrogens is 380 g/mol. The van der Waals surface area contributed by atoms with E-state index in [0.29, 0.717) is 11.1 Å².